The van der Waals surface area contributed by atoms with Gasteiger partial charge in [0.25, 0.3) is 5.16 Å². The van der Waals surface area contributed by atoms with Gasteiger partial charge in [-0.15, -0.1) is 0 Å². The van der Waals surface area contributed by atoms with E-state index in [2.05, 4.69) is 0 Å². The summed E-state index contributed by atoms with van der Waals surface area (Å²) in [5, 5.41) is -3.88. The van der Waals surface area contributed by atoms with Crippen molar-refractivity contribution in [2.45, 2.75) is 50.4 Å². The van der Waals surface area contributed by atoms with E-state index < -0.39 is 49.3 Å². The van der Waals surface area contributed by atoms with E-state index in [9.17, 15) is 34.5 Å². The standard InChI is InChI=1S/C12H14F8P/c1-2-3-4-5-6-12(21(18,19)20)10(16)8(14)7(13)9(15)11(12)17/h10H,2-6H2,1H3/q+1. The number of unbranched alkanes of at least 4 members (excludes halogenated alkanes) is 3. The fraction of sp³-hybridized carbons (Fsp3) is 0.667. The number of allylic oxidation sites excluding steroid dienone is 4. The second-order valence-electron chi connectivity index (χ2n) is 4.83. The summed E-state index contributed by atoms with van der Waals surface area (Å²) in [6.45, 7) is 1.77. The Morgan fingerprint density at radius 1 is 0.952 bits per heavy atom. The lowest BCUT2D eigenvalue weighted by atomic mass is 9.88. The van der Waals surface area contributed by atoms with E-state index in [1.165, 1.54) is 0 Å². The van der Waals surface area contributed by atoms with Crippen LogP contribution in [0.5, 0.6) is 0 Å². The highest BCUT2D eigenvalue weighted by Crippen LogP contribution is 2.80. The van der Waals surface area contributed by atoms with Gasteiger partial charge in [-0.2, -0.15) is 0 Å². The quantitative estimate of drug-likeness (QED) is 0.277. The number of halogens is 8. The van der Waals surface area contributed by atoms with Crippen LogP contribution >= 0.6 is 8.19 Å². The second-order valence-corrected chi connectivity index (χ2v) is 6.52. The van der Waals surface area contributed by atoms with Gasteiger partial charge in [-0.1, -0.05) is 26.2 Å². The van der Waals surface area contributed by atoms with Crippen molar-refractivity contribution in [1.82, 2.24) is 0 Å². The Hall–Kier alpha value is -0.650. The molecular weight excluding hydrogens is 327 g/mol. The smallest absolute Gasteiger partial charge is 0.234 e. The van der Waals surface area contributed by atoms with E-state index >= 15 is 0 Å². The van der Waals surface area contributed by atoms with Crippen LogP contribution < -0.4 is 0 Å². The summed E-state index contributed by atoms with van der Waals surface area (Å²) < 4.78 is 106. The van der Waals surface area contributed by atoms with E-state index in [-0.39, 0.29) is 12.8 Å². The van der Waals surface area contributed by atoms with Crippen molar-refractivity contribution >= 4 is 8.19 Å². The van der Waals surface area contributed by atoms with Crippen molar-refractivity contribution in [3.63, 3.8) is 0 Å². The van der Waals surface area contributed by atoms with Crippen molar-refractivity contribution in [3.8, 4) is 0 Å². The van der Waals surface area contributed by atoms with Gasteiger partial charge >= 0.3 is 8.19 Å². The van der Waals surface area contributed by atoms with Gasteiger partial charge in [0.2, 0.25) is 6.17 Å². The van der Waals surface area contributed by atoms with E-state index in [0.29, 0.717) is 12.8 Å². The molecule has 21 heavy (non-hydrogen) atoms. The zero-order valence-corrected chi connectivity index (χ0v) is 12.0. The van der Waals surface area contributed by atoms with Crippen LogP contribution in [0, 0.1) is 0 Å². The summed E-state index contributed by atoms with van der Waals surface area (Å²) in [5.41, 5.74) is 0. The molecule has 0 N–H and O–H groups in total. The Bertz CT molecular complexity index is 453. The molecule has 1 aliphatic rings. The Balaban J connectivity index is 3.25. The summed E-state index contributed by atoms with van der Waals surface area (Å²) in [6.07, 6.45) is -3.57. The normalized spacial score (nSPS) is 27.6. The van der Waals surface area contributed by atoms with Crippen molar-refractivity contribution in [2.24, 2.45) is 0 Å². The van der Waals surface area contributed by atoms with Crippen molar-refractivity contribution in [1.29, 1.82) is 0 Å². The average molecular weight is 341 g/mol. The van der Waals surface area contributed by atoms with Gasteiger partial charge in [0.15, 0.2) is 23.3 Å². The van der Waals surface area contributed by atoms with Gasteiger partial charge in [-0.3, -0.25) is 0 Å². The van der Waals surface area contributed by atoms with Crippen molar-refractivity contribution < 1.29 is 34.5 Å². The molecule has 0 fully saturated rings. The Morgan fingerprint density at radius 3 is 2.00 bits per heavy atom. The molecule has 2 atom stereocenters. The molecule has 0 aliphatic heterocycles. The molecule has 122 valence electrons. The number of alkyl halides is 1. The lowest BCUT2D eigenvalue weighted by molar-refractivity contribution is 0.195. The van der Waals surface area contributed by atoms with Crippen LogP contribution in [0.15, 0.2) is 23.3 Å². The van der Waals surface area contributed by atoms with Crippen LogP contribution in [0.4, 0.5) is 34.5 Å². The second kappa shape index (κ2) is 6.63. The first-order valence-corrected chi connectivity index (χ1v) is 7.80. The largest absolute Gasteiger partial charge is 0.585 e. The van der Waals surface area contributed by atoms with Crippen molar-refractivity contribution in [3.05, 3.63) is 23.3 Å². The highest BCUT2D eigenvalue weighted by molar-refractivity contribution is 7.62. The van der Waals surface area contributed by atoms with E-state index in [0.717, 1.165) is 0 Å². The van der Waals surface area contributed by atoms with Crippen molar-refractivity contribution in [2.75, 3.05) is 0 Å². The topological polar surface area (TPSA) is 0 Å². The van der Waals surface area contributed by atoms with Gasteiger partial charge in [-0.05, 0) is 6.42 Å². The molecule has 0 spiro atoms. The third-order valence-electron chi connectivity index (χ3n) is 3.48. The summed E-state index contributed by atoms with van der Waals surface area (Å²) in [7, 11) is -6.87. The molecule has 0 saturated carbocycles. The Labute approximate surface area is 117 Å². The van der Waals surface area contributed by atoms with Gasteiger partial charge in [0.1, 0.15) is 0 Å². The van der Waals surface area contributed by atoms with Gasteiger partial charge in [0, 0.05) is 19.0 Å². The van der Waals surface area contributed by atoms with E-state index in [1.807, 2.05) is 0 Å². The number of hydrogen-bond acceptors (Lipinski definition) is 0. The van der Waals surface area contributed by atoms with Crippen LogP contribution in [-0.4, -0.2) is 11.3 Å². The molecule has 0 aromatic rings. The maximum absolute atomic E-state index is 13.8. The predicted octanol–water partition coefficient (Wildman–Crippen LogP) is 7.02. The maximum atomic E-state index is 13.8. The molecule has 2 unspecified atom stereocenters. The monoisotopic (exact) mass is 341 g/mol. The van der Waals surface area contributed by atoms with Crippen LogP contribution in [0.3, 0.4) is 0 Å². The zero-order chi connectivity index (χ0) is 16.4. The minimum atomic E-state index is -6.87. The predicted molar refractivity (Wildman–Crippen MR) is 65.1 cm³/mol. The zero-order valence-electron chi connectivity index (χ0n) is 11.1. The Morgan fingerprint density at radius 2 is 1.52 bits per heavy atom. The fourth-order valence-electron chi connectivity index (χ4n) is 2.25. The highest BCUT2D eigenvalue weighted by atomic mass is 31.3. The summed E-state index contributed by atoms with van der Waals surface area (Å²) >= 11 is 0. The minimum Gasteiger partial charge on any atom is -0.234 e. The number of hydrogen-bond donors (Lipinski definition) is 0. The lowest BCUT2D eigenvalue weighted by Gasteiger charge is -2.31. The van der Waals surface area contributed by atoms with Crippen LogP contribution in [-0.2, 0) is 0 Å². The average Bonchev–Trinajstić information content (AvgIpc) is 2.41. The van der Waals surface area contributed by atoms with Crippen LogP contribution in [0.25, 0.3) is 0 Å². The third kappa shape index (κ3) is 3.10. The van der Waals surface area contributed by atoms with E-state index in [1.54, 1.807) is 6.92 Å². The molecule has 0 radical (unpaired) electrons. The lowest BCUT2D eigenvalue weighted by Crippen LogP contribution is -2.43. The minimum absolute atomic E-state index is 0.230. The molecule has 0 aromatic heterocycles. The summed E-state index contributed by atoms with van der Waals surface area (Å²) in [4.78, 5) is 0. The molecule has 0 heterocycles. The summed E-state index contributed by atoms with van der Waals surface area (Å²) in [6, 6.07) is 0. The molecule has 0 saturated heterocycles. The molecule has 1 aliphatic carbocycles. The van der Waals surface area contributed by atoms with Gasteiger partial charge in [-0.25, -0.2) is 22.0 Å². The number of rotatable bonds is 6. The molecular formula is C12H14F8P+. The summed E-state index contributed by atoms with van der Waals surface area (Å²) in [5.74, 6) is -10.2. The van der Waals surface area contributed by atoms with E-state index in [4.69, 9.17) is 0 Å². The highest BCUT2D eigenvalue weighted by Gasteiger charge is 2.77. The first-order chi connectivity index (χ1) is 9.61. The first-order valence-electron chi connectivity index (χ1n) is 6.34. The molecule has 0 bridgehead atoms. The molecule has 0 aromatic carbocycles. The first kappa shape index (κ1) is 18.4. The van der Waals surface area contributed by atoms with Crippen LogP contribution in [0.1, 0.15) is 39.0 Å². The molecule has 9 heteroatoms. The Kier molecular flexibility index (Phi) is 5.81. The van der Waals surface area contributed by atoms with Gasteiger partial charge in [0.05, 0.1) is 0 Å². The van der Waals surface area contributed by atoms with Crippen LogP contribution in [0.2, 0.25) is 0 Å². The molecule has 0 nitrogen and oxygen atoms in total. The third-order valence-corrected chi connectivity index (χ3v) is 5.03. The maximum Gasteiger partial charge on any atom is 0.585 e. The van der Waals surface area contributed by atoms with Gasteiger partial charge < -0.3 is 0 Å². The fourth-order valence-corrected chi connectivity index (χ4v) is 3.35. The molecule has 1 rings (SSSR count). The SMILES string of the molecule is CCCCCCC1([P+](F)(F)F)C(F)=C(F)C(F)=C(F)C1F. The molecule has 0 amide bonds.